The van der Waals surface area contributed by atoms with Crippen LogP contribution in [0.3, 0.4) is 0 Å². The summed E-state index contributed by atoms with van der Waals surface area (Å²) in [5.74, 6) is 0. The largest absolute Gasteiger partial charge is 0.314 e. The highest BCUT2D eigenvalue weighted by molar-refractivity contribution is 6.08. The Morgan fingerprint density at radius 3 is 2.29 bits per heavy atom. The molecule has 0 saturated heterocycles. The fraction of sp³-hybridized carbons (Fsp3) is 0.0800. The summed E-state index contributed by atoms with van der Waals surface area (Å²) < 4.78 is 2.01. The molecular formula is C25H20N3+. The lowest BCUT2D eigenvalue weighted by atomic mass is 9.94. The minimum absolute atomic E-state index is 1.06. The van der Waals surface area contributed by atoms with E-state index in [9.17, 15) is 0 Å². The van der Waals surface area contributed by atoms with Gasteiger partial charge in [-0.1, -0.05) is 60.7 Å². The predicted octanol–water partition coefficient (Wildman–Crippen LogP) is 5.25. The molecule has 0 radical (unpaired) electrons. The summed E-state index contributed by atoms with van der Waals surface area (Å²) in [5, 5.41) is 13.1. The van der Waals surface area contributed by atoms with Crippen molar-refractivity contribution in [1.82, 2.24) is 10.2 Å². The van der Waals surface area contributed by atoms with Crippen LogP contribution in [0, 0.1) is 6.92 Å². The van der Waals surface area contributed by atoms with Gasteiger partial charge in [-0.3, -0.25) is 0 Å². The molecule has 0 aliphatic carbocycles. The molecule has 0 spiro atoms. The van der Waals surface area contributed by atoms with Crippen LogP contribution >= 0.6 is 0 Å². The maximum Gasteiger partial charge on any atom is 0.314 e. The van der Waals surface area contributed by atoms with Crippen molar-refractivity contribution < 1.29 is 4.57 Å². The maximum atomic E-state index is 4.07. The molecular weight excluding hydrogens is 342 g/mol. The zero-order valence-electron chi connectivity index (χ0n) is 15.9. The van der Waals surface area contributed by atoms with E-state index in [0.29, 0.717) is 0 Å². The number of nitrogens with zero attached hydrogens (tertiary/aromatic N) is 3. The fourth-order valence-electron chi connectivity index (χ4n) is 3.87. The van der Waals surface area contributed by atoms with Crippen LogP contribution in [0.4, 0.5) is 0 Å². The number of aryl methyl sites for hydroxylation is 2. The smallest absolute Gasteiger partial charge is 0.229 e. The summed E-state index contributed by atoms with van der Waals surface area (Å²) in [6.45, 7) is 2.13. The summed E-state index contributed by atoms with van der Waals surface area (Å²) >= 11 is 0. The molecule has 0 fully saturated rings. The summed E-state index contributed by atoms with van der Waals surface area (Å²) in [6.07, 6.45) is 3.56. The Kier molecular flexibility index (Phi) is 3.87. The molecule has 3 heteroatoms. The van der Waals surface area contributed by atoms with Gasteiger partial charge in [0, 0.05) is 5.56 Å². The topological polar surface area (TPSA) is 29.7 Å². The van der Waals surface area contributed by atoms with Crippen molar-refractivity contribution in [2.75, 3.05) is 0 Å². The molecule has 134 valence electrons. The summed E-state index contributed by atoms with van der Waals surface area (Å²) in [4.78, 5) is 0. The van der Waals surface area contributed by atoms with Gasteiger partial charge in [-0.25, -0.2) is 4.57 Å². The number of fused-ring (bicyclic) bond motifs is 3. The van der Waals surface area contributed by atoms with Crippen LogP contribution in [-0.2, 0) is 7.05 Å². The van der Waals surface area contributed by atoms with Gasteiger partial charge in [0.15, 0.2) is 5.69 Å². The summed E-state index contributed by atoms with van der Waals surface area (Å²) in [5.41, 5.74) is 5.87. The number of benzene rings is 4. The Bertz CT molecular complexity index is 1340. The van der Waals surface area contributed by atoms with Gasteiger partial charge in [0.05, 0.1) is 12.1 Å². The normalized spacial score (nSPS) is 11.2. The number of hydrogen-bond donors (Lipinski definition) is 0. The molecule has 0 aliphatic heterocycles. The predicted molar refractivity (Wildman–Crippen MR) is 114 cm³/mol. The molecule has 0 atom stereocenters. The molecule has 0 unspecified atom stereocenters. The lowest BCUT2D eigenvalue weighted by Gasteiger charge is -2.11. The second-order valence-corrected chi connectivity index (χ2v) is 7.22. The van der Waals surface area contributed by atoms with Gasteiger partial charge in [-0.05, 0) is 62.4 Å². The summed E-state index contributed by atoms with van der Waals surface area (Å²) in [7, 11) is 2.00. The SMILES string of the molecule is Cc1ccc(-c2ccc3ccc4ccccc4c3c2)cc1-c1cnnc[n+]1C. The molecule has 28 heavy (non-hydrogen) atoms. The van der Waals surface area contributed by atoms with Gasteiger partial charge in [0.2, 0.25) is 0 Å². The molecule has 4 aromatic carbocycles. The molecule has 1 aromatic heterocycles. The average Bonchev–Trinajstić information content (AvgIpc) is 2.74. The van der Waals surface area contributed by atoms with Crippen LogP contribution in [0.2, 0.25) is 0 Å². The highest BCUT2D eigenvalue weighted by atomic mass is 15.2. The number of aromatic nitrogens is 3. The molecule has 0 aliphatic rings. The first-order chi connectivity index (χ1) is 13.7. The van der Waals surface area contributed by atoms with Crippen molar-refractivity contribution in [3.63, 3.8) is 0 Å². The van der Waals surface area contributed by atoms with E-state index in [1.807, 2.05) is 17.8 Å². The van der Waals surface area contributed by atoms with Crippen LogP contribution in [0.15, 0.2) is 85.3 Å². The first kappa shape index (κ1) is 16.6. The molecule has 0 amide bonds. The second kappa shape index (κ2) is 6.54. The molecule has 1 heterocycles. The van der Waals surface area contributed by atoms with Gasteiger partial charge < -0.3 is 0 Å². The Hall–Kier alpha value is -3.59. The number of rotatable bonds is 2. The van der Waals surface area contributed by atoms with Crippen LogP contribution in [0.25, 0.3) is 43.9 Å². The molecule has 3 nitrogen and oxygen atoms in total. The van der Waals surface area contributed by atoms with E-state index in [2.05, 4.69) is 89.9 Å². The molecule has 0 bridgehead atoms. The highest BCUT2D eigenvalue weighted by Gasteiger charge is 2.12. The third-order valence-corrected chi connectivity index (χ3v) is 5.45. The third-order valence-electron chi connectivity index (χ3n) is 5.45. The minimum Gasteiger partial charge on any atom is -0.229 e. The van der Waals surface area contributed by atoms with Crippen LogP contribution in [0.5, 0.6) is 0 Å². The van der Waals surface area contributed by atoms with Gasteiger partial charge in [-0.15, -0.1) is 0 Å². The van der Waals surface area contributed by atoms with Gasteiger partial charge in [-0.2, -0.15) is 0 Å². The van der Waals surface area contributed by atoms with E-state index in [-0.39, 0.29) is 0 Å². The van der Waals surface area contributed by atoms with E-state index < -0.39 is 0 Å². The van der Waals surface area contributed by atoms with Gasteiger partial charge >= 0.3 is 6.33 Å². The Morgan fingerprint density at radius 1 is 0.714 bits per heavy atom. The van der Waals surface area contributed by atoms with Crippen molar-refractivity contribution in [2.24, 2.45) is 7.05 Å². The van der Waals surface area contributed by atoms with E-state index in [1.54, 1.807) is 6.33 Å². The van der Waals surface area contributed by atoms with Crippen LogP contribution in [-0.4, -0.2) is 10.2 Å². The second-order valence-electron chi connectivity index (χ2n) is 7.22. The Balaban J connectivity index is 1.71. The van der Waals surface area contributed by atoms with E-state index in [0.717, 1.165) is 5.69 Å². The highest BCUT2D eigenvalue weighted by Crippen LogP contribution is 2.32. The Labute approximate surface area is 163 Å². The third kappa shape index (κ3) is 2.72. The average molecular weight is 362 g/mol. The zero-order valence-corrected chi connectivity index (χ0v) is 15.9. The number of hydrogen-bond acceptors (Lipinski definition) is 2. The zero-order chi connectivity index (χ0) is 19.1. The van der Waals surface area contributed by atoms with Crippen molar-refractivity contribution >= 4 is 21.5 Å². The van der Waals surface area contributed by atoms with Crippen molar-refractivity contribution in [3.05, 3.63) is 90.9 Å². The van der Waals surface area contributed by atoms with Crippen molar-refractivity contribution in [3.8, 4) is 22.4 Å². The minimum atomic E-state index is 1.06. The van der Waals surface area contributed by atoms with Gasteiger partial charge in [0.1, 0.15) is 6.20 Å². The monoisotopic (exact) mass is 362 g/mol. The molecule has 5 rings (SSSR count). The van der Waals surface area contributed by atoms with E-state index >= 15 is 0 Å². The lowest BCUT2D eigenvalue weighted by molar-refractivity contribution is -0.664. The lowest BCUT2D eigenvalue weighted by Crippen LogP contribution is -2.31. The Morgan fingerprint density at radius 2 is 1.43 bits per heavy atom. The standard InChI is InChI=1S/C25H20N3/c1-17-7-8-20(13-23(17)25-15-26-27-16-28(25)2)21-12-11-19-10-9-18-5-3-4-6-22(18)24(19)14-21/h3-16H,1-2H3/q+1. The fourth-order valence-corrected chi connectivity index (χ4v) is 3.87. The maximum absolute atomic E-state index is 4.07. The van der Waals surface area contributed by atoms with Crippen molar-refractivity contribution in [1.29, 1.82) is 0 Å². The molecule has 0 N–H and O–H groups in total. The summed E-state index contributed by atoms with van der Waals surface area (Å²) in [6, 6.07) is 26.3. The molecule has 0 saturated carbocycles. The van der Waals surface area contributed by atoms with Gasteiger partial charge in [0.25, 0.3) is 0 Å². The quantitative estimate of drug-likeness (QED) is 0.317. The molecule has 5 aromatic rings. The van der Waals surface area contributed by atoms with E-state index in [4.69, 9.17) is 0 Å². The van der Waals surface area contributed by atoms with E-state index in [1.165, 1.54) is 43.8 Å². The first-order valence-corrected chi connectivity index (χ1v) is 9.40. The van der Waals surface area contributed by atoms with Crippen LogP contribution < -0.4 is 4.57 Å². The van der Waals surface area contributed by atoms with Crippen LogP contribution in [0.1, 0.15) is 5.56 Å². The first-order valence-electron chi connectivity index (χ1n) is 9.40. The van der Waals surface area contributed by atoms with Crippen molar-refractivity contribution in [2.45, 2.75) is 6.92 Å².